The standard InChI is InChI=1S/C30H41Cl2N5O3.C8H10O.C2H6/c1-8-16(3)26(34-15-38)18(5)37-30(29(39)36-27(17(4)9-2)19(6)40-20(7)33)11-10-25-23(14-30)22-12-21(31)13-24(32)28(22)35-25;1-9-7-8-5-3-2-4-6-8;1-2/h12-13,15-17,26-27,35,37H,5-11,14,33H2,1-4H3,(H,34,38)(H,36,39);2-6H,7H2,1H3;1-2H3/t16?,17?,26-,27-,30+;;/m0../s1. The summed E-state index contributed by atoms with van der Waals surface area (Å²) in [7, 11) is 1.70. The normalized spacial score (nSPS) is 17.0. The Labute approximate surface area is 314 Å². The maximum atomic E-state index is 14.4. The molecule has 1 aromatic heterocycles. The van der Waals surface area contributed by atoms with E-state index in [9.17, 15) is 9.59 Å². The van der Waals surface area contributed by atoms with E-state index in [2.05, 4.69) is 40.7 Å². The number of nitrogens with two attached hydrogens (primary N) is 1. The van der Waals surface area contributed by atoms with E-state index in [0.717, 1.165) is 35.0 Å². The quantitative estimate of drug-likeness (QED) is 0.0742. The van der Waals surface area contributed by atoms with Crippen LogP contribution >= 0.6 is 23.2 Å². The number of benzene rings is 2. The highest BCUT2D eigenvalue weighted by Crippen LogP contribution is 2.39. The molecule has 2 aromatic carbocycles. The van der Waals surface area contributed by atoms with Gasteiger partial charge in [0.05, 0.1) is 29.2 Å². The fourth-order valence-corrected chi connectivity index (χ4v) is 6.70. The minimum Gasteiger partial charge on any atom is -0.445 e. The second kappa shape index (κ2) is 20.8. The lowest BCUT2D eigenvalue weighted by molar-refractivity contribution is -0.129. The molecule has 4 rings (SSSR count). The van der Waals surface area contributed by atoms with E-state index in [0.29, 0.717) is 53.8 Å². The summed E-state index contributed by atoms with van der Waals surface area (Å²) in [5.41, 5.74) is 9.11. The van der Waals surface area contributed by atoms with Crippen LogP contribution in [-0.2, 0) is 38.5 Å². The molecule has 0 spiro atoms. The minimum absolute atomic E-state index is 0.0000383. The summed E-state index contributed by atoms with van der Waals surface area (Å²) in [6.07, 6.45) is 3.61. The van der Waals surface area contributed by atoms with Crippen LogP contribution in [0.5, 0.6) is 0 Å². The van der Waals surface area contributed by atoms with Gasteiger partial charge < -0.3 is 36.1 Å². The van der Waals surface area contributed by atoms with Gasteiger partial charge >= 0.3 is 0 Å². The monoisotopic (exact) mass is 741 g/mol. The summed E-state index contributed by atoms with van der Waals surface area (Å²) in [4.78, 5) is 29.3. The van der Waals surface area contributed by atoms with E-state index < -0.39 is 11.6 Å². The van der Waals surface area contributed by atoms with Gasteiger partial charge in [0.2, 0.25) is 12.3 Å². The van der Waals surface area contributed by atoms with E-state index in [4.69, 9.17) is 38.4 Å². The van der Waals surface area contributed by atoms with E-state index >= 15 is 0 Å². The van der Waals surface area contributed by atoms with Crippen molar-refractivity contribution in [3.05, 3.63) is 106 Å². The van der Waals surface area contributed by atoms with Crippen molar-refractivity contribution in [2.24, 2.45) is 17.6 Å². The average Bonchev–Trinajstić information content (AvgIpc) is 3.47. The molecular formula is C40H57Cl2N5O4. The molecule has 2 unspecified atom stereocenters. The molecule has 6 N–H and O–H groups in total. The van der Waals surface area contributed by atoms with Gasteiger partial charge in [-0.25, -0.2) is 0 Å². The SMILES string of the molecule is C=C(N)OC(=C)[C@@H](NC(=O)[C@@]1(NC(=C)[C@@H](NC=O)C(C)CC)CCc2[nH]c3c(Cl)cc(Cl)cc3c2C1)C(C)CC.CC.COCc1ccccc1. The number of aromatic amines is 1. The molecule has 0 fully saturated rings. The molecule has 11 heteroatoms. The molecule has 0 radical (unpaired) electrons. The van der Waals surface area contributed by atoms with Gasteiger partial charge in [0.25, 0.3) is 0 Å². The van der Waals surface area contributed by atoms with E-state index in [1.165, 1.54) is 5.56 Å². The second-order valence-corrected chi connectivity index (χ2v) is 13.6. The summed E-state index contributed by atoms with van der Waals surface area (Å²) >= 11 is 12.9. The molecule has 1 aliphatic carbocycles. The first-order valence-corrected chi connectivity index (χ1v) is 18.4. The van der Waals surface area contributed by atoms with Gasteiger partial charge in [-0.1, -0.05) is 121 Å². The highest BCUT2D eigenvalue weighted by molar-refractivity contribution is 6.38. The Hall–Kier alpha value is -3.92. The third-order valence-corrected chi connectivity index (χ3v) is 9.75. The molecule has 1 heterocycles. The number of nitrogens with one attached hydrogen (secondary N) is 4. The van der Waals surface area contributed by atoms with Crippen molar-refractivity contribution in [3.63, 3.8) is 0 Å². The lowest BCUT2D eigenvalue weighted by atomic mass is 9.77. The fourth-order valence-electron chi connectivity index (χ4n) is 6.16. The summed E-state index contributed by atoms with van der Waals surface area (Å²) in [6.45, 7) is 24.7. The number of ether oxygens (including phenoxy) is 2. The molecule has 2 amide bonds. The first kappa shape index (κ1) is 43.2. The zero-order chi connectivity index (χ0) is 38.3. The summed E-state index contributed by atoms with van der Waals surface area (Å²) in [6, 6.07) is 12.8. The number of hydrogen-bond donors (Lipinski definition) is 5. The Morgan fingerprint density at radius 3 is 2.25 bits per heavy atom. The van der Waals surface area contributed by atoms with E-state index in [-0.39, 0.29) is 29.7 Å². The van der Waals surface area contributed by atoms with Crippen molar-refractivity contribution < 1.29 is 19.1 Å². The van der Waals surface area contributed by atoms with Crippen LogP contribution in [0.25, 0.3) is 10.9 Å². The van der Waals surface area contributed by atoms with Gasteiger partial charge in [0.1, 0.15) is 11.3 Å². The third-order valence-electron chi connectivity index (χ3n) is 9.23. The van der Waals surface area contributed by atoms with Crippen molar-refractivity contribution in [3.8, 4) is 0 Å². The van der Waals surface area contributed by atoms with Crippen molar-refractivity contribution >= 4 is 46.4 Å². The van der Waals surface area contributed by atoms with Crippen LogP contribution in [0.2, 0.25) is 10.0 Å². The van der Waals surface area contributed by atoms with Crippen LogP contribution in [-0.4, -0.2) is 42.0 Å². The Morgan fingerprint density at radius 1 is 1.06 bits per heavy atom. The zero-order valence-electron chi connectivity index (χ0n) is 31.3. The maximum absolute atomic E-state index is 14.4. The van der Waals surface area contributed by atoms with Gasteiger partial charge in [0, 0.05) is 35.3 Å². The molecule has 5 atom stereocenters. The molecular weight excluding hydrogens is 685 g/mol. The van der Waals surface area contributed by atoms with Crippen LogP contribution < -0.4 is 21.7 Å². The number of amides is 2. The molecule has 0 aliphatic heterocycles. The summed E-state index contributed by atoms with van der Waals surface area (Å²) in [5.74, 6) is 0.164. The molecule has 280 valence electrons. The first-order chi connectivity index (χ1) is 24.3. The number of carbonyl (C=O) groups excluding carboxylic acids is 2. The number of H-pyrrole nitrogens is 1. The Morgan fingerprint density at radius 2 is 1.69 bits per heavy atom. The molecule has 0 saturated heterocycles. The fraction of sp³-hybridized carbons (Fsp3) is 0.450. The predicted molar refractivity (Wildman–Crippen MR) is 211 cm³/mol. The number of hydrogen-bond acceptors (Lipinski definition) is 6. The molecule has 9 nitrogen and oxygen atoms in total. The molecule has 51 heavy (non-hydrogen) atoms. The number of aromatic nitrogens is 1. The first-order valence-electron chi connectivity index (χ1n) is 17.6. The maximum Gasteiger partial charge on any atom is 0.246 e. The summed E-state index contributed by atoms with van der Waals surface area (Å²) in [5, 5.41) is 11.4. The average molecular weight is 743 g/mol. The van der Waals surface area contributed by atoms with Gasteiger partial charge in [0.15, 0.2) is 5.88 Å². The number of aryl methyl sites for hydroxylation is 1. The Kier molecular flexibility index (Phi) is 17.6. The van der Waals surface area contributed by atoms with Crippen LogP contribution in [0.3, 0.4) is 0 Å². The second-order valence-electron chi connectivity index (χ2n) is 12.7. The smallest absolute Gasteiger partial charge is 0.246 e. The van der Waals surface area contributed by atoms with E-state index in [1.54, 1.807) is 13.2 Å². The Balaban J connectivity index is 0.000000702. The highest BCUT2D eigenvalue weighted by Gasteiger charge is 2.45. The number of halogens is 2. The van der Waals surface area contributed by atoms with Crippen molar-refractivity contribution in [1.82, 2.24) is 20.9 Å². The van der Waals surface area contributed by atoms with Crippen LogP contribution in [0.1, 0.15) is 77.6 Å². The van der Waals surface area contributed by atoms with Crippen molar-refractivity contribution in [2.75, 3.05) is 7.11 Å². The molecule has 1 aliphatic rings. The molecule has 3 aromatic rings. The van der Waals surface area contributed by atoms with Gasteiger partial charge in [-0.15, -0.1) is 0 Å². The minimum atomic E-state index is -1.10. The molecule has 0 saturated carbocycles. The van der Waals surface area contributed by atoms with Crippen LogP contribution in [0.15, 0.2) is 79.5 Å². The largest absolute Gasteiger partial charge is 0.445 e. The summed E-state index contributed by atoms with van der Waals surface area (Å²) < 4.78 is 10.5. The number of methoxy groups -OCH3 is 1. The predicted octanol–water partition coefficient (Wildman–Crippen LogP) is 8.32. The van der Waals surface area contributed by atoms with Crippen molar-refractivity contribution in [1.29, 1.82) is 0 Å². The van der Waals surface area contributed by atoms with Crippen LogP contribution in [0, 0.1) is 11.8 Å². The molecule has 0 bridgehead atoms. The third kappa shape index (κ3) is 11.5. The topological polar surface area (TPSA) is 130 Å². The van der Waals surface area contributed by atoms with E-state index in [1.807, 2.05) is 77.9 Å². The van der Waals surface area contributed by atoms with Crippen molar-refractivity contribution in [2.45, 2.75) is 97.9 Å². The highest BCUT2D eigenvalue weighted by atomic mass is 35.5. The number of rotatable bonds is 16. The Bertz CT molecular complexity index is 1630. The van der Waals surface area contributed by atoms with Gasteiger partial charge in [-0.3, -0.25) is 9.59 Å². The van der Waals surface area contributed by atoms with Gasteiger partial charge in [-0.2, -0.15) is 0 Å². The zero-order valence-corrected chi connectivity index (χ0v) is 32.8. The number of carbonyl (C=O) groups is 2. The number of fused-ring (bicyclic) bond motifs is 3. The lowest BCUT2D eigenvalue weighted by Gasteiger charge is -2.41. The lowest BCUT2D eigenvalue weighted by Crippen LogP contribution is -2.63. The van der Waals surface area contributed by atoms with Crippen LogP contribution in [0.4, 0.5) is 0 Å². The van der Waals surface area contributed by atoms with Gasteiger partial charge in [-0.05, 0) is 54.5 Å².